The zero-order chi connectivity index (χ0) is 12.3. The van der Waals surface area contributed by atoms with Crippen molar-refractivity contribution in [3.63, 3.8) is 0 Å². The van der Waals surface area contributed by atoms with E-state index in [4.69, 9.17) is 26.8 Å². The minimum Gasteiger partial charge on any atom is -0.350 e. The van der Waals surface area contributed by atoms with Crippen LogP contribution in [0, 0.1) is 5.82 Å². The first-order valence-corrected chi connectivity index (χ1v) is 5.95. The Kier molecular flexibility index (Phi) is 4.34. The van der Waals surface area contributed by atoms with Gasteiger partial charge in [0.1, 0.15) is 5.82 Å². The quantitative estimate of drug-likeness (QED) is 0.901. The fraction of sp³-hybridized carbons (Fsp3) is 0.500. The SMILES string of the molecule is NC(Cc1ccc(F)cc1Cl)CC1OCCO1. The van der Waals surface area contributed by atoms with Gasteiger partial charge in [-0.15, -0.1) is 0 Å². The van der Waals surface area contributed by atoms with Crippen LogP contribution in [-0.2, 0) is 15.9 Å². The molecule has 1 atom stereocenters. The van der Waals surface area contributed by atoms with Crippen molar-refractivity contribution in [2.24, 2.45) is 5.73 Å². The Balaban J connectivity index is 1.90. The van der Waals surface area contributed by atoms with Crippen LogP contribution in [0.1, 0.15) is 12.0 Å². The van der Waals surface area contributed by atoms with Gasteiger partial charge >= 0.3 is 0 Å². The molecule has 0 amide bonds. The Hall–Kier alpha value is -0.680. The van der Waals surface area contributed by atoms with E-state index in [0.29, 0.717) is 31.1 Å². The zero-order valence-electron chi connectivity index (χ0n) is 9.36. The van der Waals surface area contributed by atoms with Crippen LogP contribution in [-0.4, -0.2) is 25.5 Å². The molecule has 3 nitrogen and oxygen atoms in total. The smallest absolute Gasteiger partial charge is 0.159 e. The van der Waals surface area contributed by atoms with E-state index in [9.17, 15) is 4.39 Å². The summed E-state index contributed by atoms with van der Waals surface area (Å²) in [5.74, 6) is -0.338. The third-order valence-electron chi connectivity index (χ3n) is 2.68. The minimum absolute atomic E-state index is 0.110. The molecule has 5 heteroatoms. The van der Waals surface area contributed by atoms with E-state index in [1.54, 1.807) is 6.07 Å². The standard InChI is InChI=1S/C12H15ClFNO2/c13-11-6-9(14)2-1-8(11)5-10(15)7-12-16-3-4-17-12/h1-2,6,10,12H,3-5,7,15H2. The van der Waals surface area contributed by atoms with Crippen molar-refractivity contribution in [1.82, 2.24) is 0 Å². The third-order valence-corrected chi connectivity index (χ3v) is 3.04. The molecular formula is C12H15ClFNO2. The Morgan fingerprint density at radius 1 is 1.41 bits per heavy atom. The molecule has 0 saturated carbocycles. The summed E-state index contributed by atoms with van der Waals surface area (Å²) in [6.45, 7) is 1.24. The summed E-state index contributed by atoms with van der Waals surface area (Å²) >= 11 is 5.93. The van der Waals surface area contributed by atoms with Crippen molar-refractivity contribution in [3.05, 3.63) is 34.6 Å². The highest BCUT2D eigenvalue weighted by Crippen LogP contribution is 2.20. The molecule has 1 unspecified atom stereocenters. The van der Waals surface area contributed by atoms with Crippen molar-refractivity contribution < 1.29 is 13.9 Å². The van der Waals surface area contributed by atoms with Gasteiger partial charge in [0, 0.05) is 17.5 Å². The van der Waals surface area contributed by atoms with Crippen molar-refractivity contribution in [2.75, 3.05) is 13.2 Å². The van der Waals surface area contributed by atoms with E-state index in [0.717, 1.165) is 5.56 Å². The Morgan fingerprint density at radius 2 is 2.12 bits per heavy atom. The molecule has 1 aromatic rings. The highest BCUT2D eigenvalue weighted by molar-refractivity contribution is 6.31. The van der Waals surface area contributed by atoms with Crippen molar-refractivity contribution >= 4 is 11.6 Å². The summed E-state index contributed by atoms with van der Waals surface area (Å²) in [6, 6.07) is 4.23. The molecule has 1 aliphatic rings. The normalized spacial score (nSPS) is 18.5. The molecule has 0 bridgehead atoms. The Labute approximate surface area is 105 Å². The lowest BCUT2D eigenvalue weighted by atomic mass is 10.0. The number of nitrogens with two attached hydrogens (primary N) is 1. The molecular weight excluding hydrogens is 245 g/mol. The summed E-state index contributed by atoms with van der Waals surface area (Å²) in [5.41, 5.74) is 6.83. The van der Waals surface area contributed by atoms with E-state index in [1.165, 1.54) is 12.1 Å². The predicted octanol–water partition coefficient (Wildman–Crippen LogP) is 2.11. The topological polar surface area (TPSA) is 44.5 Å². The van der Waals surface area contributed by atoms with Crippen LogP contribution < -0.4 is 5.73 Å². The first kappa shape index (κ1) is 12.8. The maximum absolute atomic E-state index is 12.9. The van der Waals surface area contributed by atoms with Gasteiger partial charge in [0.15, 0.2) is 6.29 Å². The van der Waals surface area contributed by atoms with Gasteiger partial charge in [-0.25, -0.2) is 4.39 Å². The fourth-order valence-corrected chi connectivity index (χ4v) is 2.09. The van der Waals surface area contributed by atoms with E-state index in [2.05, 4.69) is 0 Å². The second kappa shape index (κ2) is 5.78. The summed E-state index contributed by atoms with van der Waals surface area (Å²) in [4.78, 5) is 0. The molecule has 2 rings (SSSR count). The van der Waals surface area contributed by atoms with E-state index in [1.807, 2.05) is 0 Å². The number of hydrogen-bond acceptors (Lipinski definition) is 3. The molecule has 1 fully saturated rings. The van der Waals surface area contributed by atoms with Gasteiger partial charge in [-0.1, -0.05) is 17.7 Å². The first-order chi connectivity index (χ1) is 8.15. The number of halogens is 2. The Morgan fingerprint density at radius 3 is 2.76 bits per heavy atom. The molecule has 2 N–H and O–H groups in total. The summed E-state index contributed by atoms with van der Waals surface area (Å²) in [7, 11) is 0. The average Bonchev–Trinajstić information content (AvgIpc) is 2.75. The van der Waals surface area contributed by atoms with Gasteiger partial charge in [-0.05, 0) is 24.1 Å². The number of ether oxygens (including phenoxy) is 2. The molecule has 0 aromatic heterocycles. The summed E-state index contributed by atoms with van der Waals surface area (Å²) < 4.78 is 23.5. The van der Waals surface area contributed by atoms with Gasteiger partial charge in [0.25, 0.3) is 0 Å². The van der Waals surface area contributed by atoms with Gasteiger partial charge in [-0.2, -0.15) is 0 Å². The van der Waals surface area contributed by atoms with Gasteiger partial charge in [0.2, 0.25) is 0 Å². The van der Waals surface area contributed by atoms with Gasteiger partial charge < -0.3 is 15.2 Å². The second-order valence-corrected chi connectivity index (χ2v) is 4.51. The zero-order valence-corrected chi connectivity index (χ0v) is 10.1. The molecule has 94 valence electrons. The van der Waals surface area contributed by atoms with Crippen LogP contribution in [0.3, 0.4) is 0 Å². The van der Waals surface area contributed by atoms with Crippen LogP contribution in [0.5, 0.6) is 0 Å². The summed E-state index contributed by atoms with van der Waals surface area (Å²) in [5, 5.41) is 0.411. The lowest BCUT2D eigenvalue weighted by molar-refractivity contribution is -0.0504. The number of rotatable bonds is 4. The maximum Gasteiger partial charge on any atom is 0.159 e. The first-order valence-electron chi connectivity index (χ1n) is 5.58. The van der Waals surface area contributed by atoms with Crippen LogP contribution in [0.2, 0.25) is 5.02 Å². The van der Waals surface area contributed by atoms with E-state index in [-0.39, 0.29) is 18.1 Å². The van der Waals surface area contributed by atoms with Gasteiger partial charge in [-0.3, -0.25) is 0 Å². The van der Waals surface area contributed by atoms with E-state index >= 15 is 0 Å². The van der Waals surface area contributed by atoms with Crippen LogP contribution >= 0.6 is 11.6 Å². The summed E-state index contributed by atoms with van der Waals surface area (Å²) in [6.07, 6.45) is 0.986. The Bertz CT molecular complexity index is 383. The van der Waals surface area contributed by atoms with Crippen molar-refractivity contribution in [3.8, 4) is 0 Å². The molecule has 1 saturated heterocycles. The molecule has 0 aliphatic carbocycles. The highest BCUT2D eigenvalue weighted by Gasteiger charge is 2.20. The molecule has 0 radical (unpaired) electrons. The minimum atomic E-state index is -0.338. The molecule has 0 spiro atoms. The highest BCUT2D eigenvalue weighted by atomic mass is 35.5. The van der Waals surface area contributed by atoms with Crippen molar-refractivity contribution in [2.45, 2.75) is 25.2 Å². The molecule has 1 heterocycles. The third kappa shape index (κ3) is 3.64. The lowest BCUT2D eigenvalue weighted by Crippen LogP contribution is -2.28. The molecule has 1 aliphatic heterocycles. The molecule has 17 heavy (non-hydrogen) atoms. The fourth-order valence-electron chi connectivity index (χ4n) is 1.84. The number of benzene rings is 1. The maximum atomic E-state index is 12.9. The number of hydrogen-bond donors (Lipinski definition) is 1. The average molecular weight is 260 g/mol. The lowest BCUT2D eigenvalue weighted by Gasteiger charge is -2.16. The van der Waals surface area contributed by atoms with Crippen LogP contribution in [0.4, 0.5) is 4.39 Å². The van der Waals surface area contributed by atoms with Gasteiger partial charge in [0.05, 0.1) is 13.2 Å². The largest absolute Gasteiger partial charge is 0.350 e. The monoisotopic (exact) mass is 259 g/mol. The van der Waals surface area contributed by atoms with Crippen LogP contribution in [0.25, 0.3) is 0 Å². The van der Waals surface area contributed by atoms with Crippen LogP contribution in [0.15, 0.2) is 18.2 Å². The van der Waals surface area contributed by atoms with Crippen molar-refractivity contribution in [1.29, 1.82) is 0 Å². The predicted molar refractivity (Wildman–Crippen MR) is 63.4 cm³/mol. The second-order valence-electron chi connectivity index (χ2n) is 4.11. The molecule has 1 aromatic carbocycles. The van der Waals surface area contributed by atoms with E-state index < -0.39 is 0 Å².